The van der Waals surface area contributed by atoms with Gasteiger partial charge in [0.15, 0.2) is 4.34 Å². The molecule has 0 spiro atoms. The normalized spacial score (nSPS) is 11.6. The monoisotopic (exact) mass is 319 g/mol. The molecule has 0 saturated carbocycles. The average molecular weight is 319 g/mol. The van der Waals surface area contributed by atoms with Gasteiger partial charge in [0, 0.05) is 0 Å². The Morgan fingerprint density at radius 1 is 1.42 bits per heavy atom. The summed E-state index contributed by atoms with van der Waals surface area (Å²) in [6.07, 6.45) is -4.14. The molecule has 1 aromatic rings. The van der Waals surface area contributed by atoms with Crippen LogP contribution in [0.2, 0.25) is 0 Å². The maximum Gasteiger partial charge on any atom is 0.383 e. The van der Waals surface area contributed by atoms with Crippen LogP contribution in [0.4, 0.5) is 22.7 Å². The van der Waals surface area contributed by atoms with Crippen molar-refractivity contribution in [2.45, 2.75) is 16.7 Å². The number of thioether (sulfide) groups is 1. The molecule has 0 aliphatic rings. The first-order valence-electron chi connectivity index (χ1n) is 4.39. The lowest BCUT2D eigenvalue weighted by Gasteiger charge is -2.12. The molecule has 0 atom stereocenters. The SMILES string of the molecule is O=C(O)CSc1nnc(NC(=O)C(F)(F)C(F)F)s1. The van der Waals surface area contributed by atoms with Gasteiger partial charge in [0.1, 0.15) is 0 Å². The highest BCUT2D eigenvalue weighted by Gasteiger charge is 2.49. The zero-order valence-corrected chi connectivity index (χ0v) is 10.4. The van der Waals surface area contributed by atoms with Crippen molar-refractivity contribution in [3.8, 4) is 0 Å². The second-order valence-electron chi connectivity index (χ2n) is 2.93. The fourth-order valence-electron chi connectivity index (χ4n) is 0.722. The number of amides is 1. The lowest BCUT2D eigenvalue weighted by Crippen LogP contribution is -2.40. The number of nitrogens with zero attached hydrogens (tertiary/aromatic N) is 2. The minimum Gasteiger partial charge on any atom is -0.481 e. The molecule has 0 aliphatic carbocycles. The molecule has 0 fully saturated rings. The number of carbonyl (C=O) groups excluding carboxylic acids is 1. The van der Waals surface area contributed by atoms with Crippen molar-refractivity contribution in [1.29, 1.82) is 0 Å². The molecule has 106 valence electrons. The minimum atomic E-state index is -4.83. The molecule has 1 rings (SSSR count). The van der Waals surface area contributed by atoms with Gasteiger partial charge in [-0.25, -0.2) is 8.78 Å². The van der Waals surface area contributed by atoms with Crippen molar-refractivity contribution < 1.29 is 32.3 Å². The van der Waals surface area contributed by atoms with E-state index >= 15 is 0 Å². The number of carboxylic acid groups (broad SMARTS) is 1. The lowest BCUT2D eigenvalue weighted by atomic mass is 10.3. The van der Waals surface area contributed by atoms with E-state index in [2.05, 4.69) is 10.2 Å². The molecular weight excluding hydrogens is 314 g/mol. The fraction of sp³-hybridized carbons (Fsp3) is 0.429. The van der Waals surface area contributed by atoms with Crippen LogP contribution in [0.3, 0.4) is 0 Å². The number of aliphatic carboxylic acids is 1. The Balaban J connectivity index is 2.63. The van der Waals surface area contributed by atoms with Crippen LogP contribution >= 0.6 is 23.1 Å². The maximum atomic E-state index is 12.6. The summed E-state index contributed by atoms with van der Waals surface area (Å²) in [5.74, 6) is -8.50. The van der Waals surface area contributed by atoms with E-state index in [-0.39, 0.29) is 10.1 Å². The van der Waals surface area contributed by atoms with Crippen LogP contribution in [-0.4, -0.2) is 45.3 Å². The molecule has 1 aromatic heterocycles. The quantitative estimate of drug-likeness (QED) is 0.469. The highest BCUT2D eigenvalue weighted by molar-refractivity contribution is 8.01. The van der Waals surface area contributed by atoms with Crippen molar-refractivity contribution in [2.75, 3.05) is 11.1 Å². The predicted molar refractivity (Wildman–Crippen MR) is 57.8 cm³/mol. The predicted octanol–water partition coefficient (Wildman–Crippen LogP) is 1.55. The Bertz CT molecular complexity index is 482. The summed E-state index contributed by atoms with van der Waals surface area (Å²) in [5.41, 5.74) is 0. The van der Waals surface area contributed by atoms with Gasteiger partial charge in [0.05, 0.1) is 5.75 Å². The summed E-state index contributed by atoms with van der Waals surface area (Å²) in [6.45, 7) is 0. The lowest BCUT2D eigenvalue weighted by molar-refractivity contribution is -0.163. The number of halogens is 4. The molecule has 0 aromatic carbocycles. The Kier molecular flexibility index (Phi) is 5.05. The molecule has 0 unspecified atom stereocenters. The number of rotatable bonds is 6. The first kappa shape index (κ1) is 15.6. The molecule has 19 heavy (non-hydrogen) atoms. The van der Waals surface area contributed by atoms with Gasteiger partial charge >= 0.3 is 24.2 Å². The molecular formula is C7H5F4N3O3S2. The first-order valence-corrected chi connectivity index (χ1v) is 6.19. The molecule has 1 heterocycles. The van der Waals surface area contributed by atoms with E-state index < -0.39 is 29.4 Å². The number of carboxylic acids is 1. The van der Waals surface area contributed by atoms with Crippen LogP contribution in [0, 0.1) is 0 Å². The van der Waals surface area contributed by atoms with Crippen molar-refractivity contribution in [1.82, 2.24) is 10.2 Å². The second kappa shape index (κ2) is 6.14. The third-order valence-electron chi connectivity index (χ3n) is 1.52. The highest BCUT2D eigenvalue weighted by Crippen LogP contribution is 2.28. The van der Waals surface area contributed by atoms with E-state index in [1.807, 2.05) is 0 Å². The average Bonchev–Trinajstić information content (AvgIpc) is 2.73. The Morgan fingerprint density at radius 2 is 2.05 bits per heavy atom. The van der Waals surface area contributed by atoms with Crippen molar-refractivity contribution in [2.24, 2.45) is 0 Å². The zero-order chi connectivity index (χ0) is 14.6. The van der Waals surface area contributed by atoms with Crippen molar-refractivity contribution >= 4 is 40.1 Å². The fourth-order valence-corrected chi connectivity index (χ4v) is 2.19. The number of aromatic nitrogens is 2. The highest BCUT2D eigenvalue weighted by atomic mass is 32.2. The van der Waals surface area contributed by atoms with Crippen LogP contribution in [-0.2, 0) is 9.59 Å². The van der Waals surface area contributed by atoms with Crippen LogP contribution in [0.25, 0.3) is 0 Å². The summed E-state index contributed by atoms with van der Waals surface area (Å²) in [6, 6.07) is 0. The molecule has 2 N–H and O–H groups in total. The molecule has 6 nitrogen and oxygen atoms in total. The molecule has 0 saturated heterocycles. The van der Waals surface area contributed by atoms with E-state index in [0.29, 0.717) is 11.3 Å². The summed E-state index contributed by atoms with van der Waals surface area (Å²) in [4.78, 5) is 21.1. The number of anilines is 1. The number of carbonyl (C=O) groups is 2. The van der Waals surface area contributed by atoms with Gasteiger partial charge in [-0.3, -0.25) is 14.9 Å². The van der Waals surface area contributed by atoms with E-state index in [0.717, 1.165) is 11.8 Å². The van der Waals surface area contributed by atoms with Gasteiger partial charge in [0.2, 0.25) is 5.13 Å². The largest absolute Gasteiger partial charge is 0.481 e. The maximum absolute atomic E-state index is 12.6. The third-order valence-corrected chi connectivity index (χ3v) is 3.48. The second-order valence-corrected chi connectivity index (χ2v) is 5.13. The molecule has 0 bridgehead atoms. The van der Waals surface area contributed by atoms with Gasteiger partial charge in [-0.05, 0) is 0 Å². The van der Waals surface area contributed by atoms with Crippen LogP contribution in [0.1, 0.15) is 0 Å². The zero-order valence-electron chi connectivity index (χ0n) is 8.77. The number of hydrogen-bond acceptors (Lipinski definition) is 6. The number of hydrogen-bond donors (Lipinski definition) is 2. The smallest absolute Gasteiger partial charge is 0.383 e. The van der Waals surface area contributed by atoms with Gasteiger partial charge in [-0.2, -0.15) is 8.78 Å². The number of alkyl halides is 4. The topological polar surface area (TPSA) is 92.2 Å². The Morgan fingerprint density at radius 3 is 2.58 bits per heavy atom. The summed E-state index contributed by atoms with van der Waals surface area (Å²) >= 11 is 1.35. The molecule has 12 heteroatoms. The molecule has 1 amide bonds. The number of nitrogens with one attached hydrogen (secondary N) is 1. The van der Waals surface area contributed by atoms with Crippen molar-refractivity contribution in [3.63, 3.8) is 0 Å². The molecule has 0 radical (unpaired) electrons. The Labute approximate surface area is 111 Å². The summed E-state index contributed by atoms with van der Waals surface area (Å²) < 4.78 is 49.0. The van der Waals surface area contributed by atoms with E-state index in [1.54, 1.807) is 0 Å². The van der Waals surface area contributed by atoms with E-state index in [1.165, 1.54) is 5.32 Å². The van der Waals surface area contributed by atoms with Crippen molar-refractivity contribution in [3.05, 3.63) is 0 Å². The summed E-state index contributed by atoms with van der Waals surface area (Å²) in [5, 5.41) is 16.1. The van der Waals surface area contributed by atoms with E-state index in [4.69, 9.17) is 5.11 Å². The standard InChI is InChI=1S/C7H5F4N3O3S2/c8-3(9)7(10,11)4(17)12-5-13-14-6(19-5)18-1-2(15)16/h3H,1H2,(H,15,16)(H,12,13,17). The van der Waals surface area contributed by atoms with Gasteiger partial charge < -0.3 is 5.11 Å². The summed E-state index contributed by atoms with van der Waals surface area (Å²) in [7, 11) is 0. The van der Waals surface area contributed by atoms with Crippen LogP contribution in [0.15, 0.2) is 4.34 Å². The van der Waals surface area contributed by atoms with E-state index in [9.17, 15) is 27.2 Å². The Hall–Kier alpha value is -1.43. The molecule has 0 aliphatic heterocycles. The van der Waals surface area contributed by atoms with Gasteiger partial charge in [0.25, 0.3) is 0 Å². The first-order chi connectivity index (χ1) is 8.73. The van der Waals surface area contributed by atoms with Crippen LogP contribution < -0.4 is 5.32 Å². The van der Waals surface area contributed by atoms with Gasteiger partial charge in [-0.15, -0.1) is 10.2 Å². The third kappa shape index (κ3) is 4.31. The van der Waals surface area contributed by atoms with Gasteiger partial charge in [-0.1, -0.05) is 23.1 Å². The minimum absolute atomic E-state index is 0.0954. The van der Waals surface area contributed by atoms with Crippen LogP contribution in [0.5, 0.6) is 0 Å².